The number of aromatic nitrogens is 4. The molecule has 0 spiro atoms. The van der Waals surface area contributed by atoms with Crippen LogP contribution in [-0.2, 0) is 0 Å². The maximum Gasteiger partial charge on any atom is 0.250 e. The van der Waals surface area contributed by atoms with Crippen LogP contribution in [0.4, 0.5) is 0 Å². The van der Waals surface area contributed by atoms with Gasteiger partial charge >= 0.3 is 0 Å². The highest BCUT2D eigenvalue weighted by Crippen LogP contribution is 2.11. The molecule has 0 fully saturated rings. The first-order valence-corrected chi connectivity index (χ1v) is 4.17. The van der Waals surface area contributed by atoms with Crippen molar-refractivity contribution in [3.05, 3.63) is 24.3 Å². The minimum Gasteiger partial charge on any atom is -0.330 e. The Labute approximate surface area is 75.6 Å². The lowest BCUT2D eigenvalue weighted by Gasteiger charge is -2.00. The molecule has 2 aromatic rings. The third-order valence-electron chi connectivity index (χ3n) is 1.99. The average Bonchev–Trinajstić information content (AvgIpc) is 2.59. The number of hydrogen-bond acceptors (Lipinski definition) is 4. The Kier molecular flexibility index (Phi) is 1.94. The molecule has 0 aliphatic heterocycles. The molecule has 0 aromatic carbocycles. The molecule has 68 valence electrons. The van der Waals surface area contributed by atoms with Gasteiger partial charge in [-0.1, -0.05) is 6.92 Å². The predicted octanol–water partition coefficient (Wildman–Crippen LogP) is 0.186. The first-order valence-electron chi connectivity index (χ1n) is 4.17. The molecule has 0 saturated carbocycles. The first-order chi connectivity index (χ1) is 6.31. The van der Waals surface area contributed by atoms with Crippen molar-refractivity contribution in [3.8, 4) is 0 Å². The molecule has 0 aliphatic rings. The summed E-state index contributed by atoms with van der Waals surface area (Å²) in [5.74, 6) is 0.876. The van der Waals surface area contributed by atoms with Crippen LogP contribution in [0.2, 0.25) is 0 Å². The molecule has 5 heteroatoms. The van der Waals surface area contributed by atoms with Crippen molar-refractivity contribution in [2.45, 2.75) is 12.8 Å². The Morgan fingerprint density at radius 2 is 2.38 bits per heavy atom. The van der Waals surface area contributed by atoms with Crippen LogP contribution in [0.25, 0.3) is 5.78 Å². The molecule has 2 heterocycles. The normalized spacial score (nSPS) is 13.4. The fourth-order valence-electron chi connectivity index (χ4n) is 1.11. The van der Waals surface area contributed by atoms with Crippen molar-refractivity contribution >= 4 is 5.78 Å². The van der Waals surface area contributed by atoms with E-state index in [1.807, 2.05) is 13.1 Å². The van der Waals surface area contributed by atoms with Gasteiger partial charge < -0.3 is 5.73 Å². The number of imidazole rings is 1. The minimum atomic E-state index is 0.253. The second kappa shape index (κ2) is 3.10. The van der Waals surface area contributed by atoms with Gasteiger partial charge in [0.05, 0.1) is 24.3 Å². The summed E-state index contributed by atoms with van der Waals surface area (Å²) in [6.45, 7) is 2.62. The van der Waals surface area contributed by atoms with Crippen LogP contribution in [0.1, 0.15) is 18.5 Å². The van der Waals surface area contributed by atoms with Crippen LogP contribution in [0, 0.1) is 0 Å². The SMILES string of the molecule is CC(CN)c1cn2nccnc2n1. The van der Waals surface area contributed by atoms with E-state index in [2.05, 4.69) is 15.1 Å². The highest BCUT2D eigenvalue weighted by Gasteiger charge is 2.08. The zero-order valence-corrected chi connectivity index (χ0v) is 7.38. The summed E-state index contributed by atoms with van der Waals surface area (Å²) >= 11 is 0. The second-order valence-electron chi connectivity index (χ2n) is 2.99. The third-order valence-corrected chi connectivity index (χ3v) is 1.99. The lowest BCUT2D eigenvalue weighted by atomic mass is 10.1. The van der Waals surface area contributed by atoms with E-state index in [1.54, 1.807) is 16.9 Å². The highest BCUT2D eigenvalue weighted by atomic mass is 15.3. The first kappa shape index (κ1) is 8.12. The van der Waals surface area contributed by atoms with Gasteiger partial charge in [-0.05, 0) is 0 Å². The topological polar surface area (TPSA) is 69.1 Å². The fourth-order valence-corrected chi connectivity index (χ4v) is 1.11. The van der Waals surface area contributed by atoms with Crippen molar-refractivity contribution in [2.24, 2.45) is 5.73 Å². The maximum absolute atomic E-state index is 5.54. The van der Waals surface area contributed by atoms with Crippen molar-refractivity contribution in [3.63, 3.8) is 0 Å². The van der Waals surface area contributed by atoms with Crippen LogP contribution >= 0.6 is 0 Å². The van der Waals surface area contributed by atoms with Gasteiger partial charge in [-0.15, -0.1) is 0 Å². The molecule has 2 rings (SSSR count). The van der Waals surface area contributed by atoms with Gasteiger partial charge in [-0.2, -0.15) is 5.10 Å². The molecule has 1 atom stereocenters. The van der Waals surface area contributed by atoms with E-state index in [0.29, 0.717) is 12.3 Å². The van der Waals surface area contributed by atoms with Crippen molar-refractivity contribution in [1.82, 2.24) is 19.6 Å². The zero-order valence-electron chi connectivity index (χ0n) is 7.38. The Balaban J connectivity index is 2.49. The highest BCUT2D eigenvalue weighted by molar-refractivity contribution is 5.28. The van der Waals surface area contributed by atoms with E-state index in [4.69, 9.17) is 5.73 Å². The summed E-state index contributed by atoms with van der Waals surface area (Å²) in [5.41, 5.74) is 6.47. The molecule has 0 amide bonds. The average molecular weight is 177 g/mol. The molecule has 0 radical (unpaired) electrons. The molecule has 5 nitrogen and oxygen atoms in total. The Hall–Kier alpha value is -1.49. The molecule has 2 N–H and O–H groups in total. The lowest BCUT2D eigenvalue weighted by molar-refractivity contribution is 0.750. The van der Waals surface area contributed by atoms with E-state index in [9.17, 15) is 0 Å². The van der Waals surface area contributed by atoms with Gasteiger partial charge in [-0.3, -0.25) is 0 Å². The summed E-state index contributed by atoms with van der Waals surface area (Å²) < 4.78 is 1.65. The van der Waals surface area contributed by atoms with E-state index >= 15 is 0 Å². The van der Waals surface area contributed by atoms with Crippen LogP contribution in [0.5, 0.6) is 0 Å². The van der Waals surface area contributed by atoms with Gasteiger partial charge in [0.1, 0.15) is 0 Å². The fraction of sp³-hybridized carbons (Fsp3) is 0.375. The Bertz CT molecular complexity index is 375. The van der Waals surface area contributed by atoms with E-state index in [0.717, 1.165) is 5.69 Å². The monoisotopic (exact) mass is 177 g/mol. The van der Waals surface area contributed by atoms with Crippen molar-refractivity contribution < 1.29 is 0 Å². The maximum atomic E-state index is 5.54. The lowest BCUT2D eigenvalue weighted by Crippen LogP contribution is -2.08. The van der Waals surface area contributed by atoms with Crippen LogP contribution < -0.4 is 5.73 Å². The smallest absolute Gasteiger partial charge is 0.250 e. The van der Waals surface area contributed by atoms with Gasteiger partial charge in [0.15, 0.2) is 0 Å². The van der Waals surface area contributed by atoms with Crippen LogP contribution in [-0.4, -0.2) is 26.1 Å². The molecular weight excluding hydrogens is 166 g/mol. The summed E-state index contributed by atoms with van der Waals surface area (Å²) in [5, 5.41) is 4.07. The Morgan fingerprint density at radius 1 is 1.54 bits per heavy atom. The summed E-state index contributed by atoms with van der Waals surface area (Å²) in [7, 11) is 0. The number of rotatable bonds is 2. The summed E-state index contributed by atoms with van der Waals surface area (Å²) in [4.78, 5) is 8.36. The molecule has 1 unspecified atom stereocenters. The molecule has 0 aliphatic carbocycles. The van der Waals surface area contributed by atoms with Crippen LogP contribution in [0.3, 0.4) is 0 Å². The summed E-state index contributed by atoms with van der Waals surface area (Å²) in [6.07, 6.45) is 5.12. The predicted molar refractivity (Wildman–Crippen MR) is 48.3 cm³/mol. The number of nitrogens with two attached hydrogens (primary N) is 1. The van der Waals surface area contributed by atoms with Gasteiger partial charge in [0, 0.05) is 12.5 Å². The van der Waals surface area contributed by atoms with E-state index in [-0.39, 0.29) is 5.92 Å². The summed E-state index contributed by atoms with van der Waals surface area (Å²) in [6, 6.07) is 0. The van der Waals surface area contributed by atoms with Crippen LogP contribution in [0.15, 0.2) is 18.6 Å². The van der Waals surface area contributed by atoms with Gasteiger partial charge in [0.2, 0.25) is 0 Å². The zero-order chi connectivity index (χ0) is 9.26. The van der Waals surface area contributed by atoms with E-state index in [1.165, 1.54) is 0 Å². The molecule has 13 heavy (non-hydrogen) atoms. The molecule has 0 saturated heterocycles. The van der Waals surface area contributed by atoms with Gasteiger partial charge in [-0.25, -0.2) is 14.5 Å². The standard InChI is InChI=1S/C8H11N5/c1-6(4-9)7-5-13-8(12-7)10-2-3-11-13/h2-3,5-6H,4,9H2,1H3. The molecule has 2 aromatic heterocycles. The Morgan fingerprint density at radius 3 is 3.08 bits per heavy atom. The van der Waals surface area contributed by atoms with E-state index < -0.39 is 0 Å². The largest absolute Gasteiger partial charge is 0.330 e. The molecular formula is C8H11N5. The van der Waals surface area contributed by atoms with Crippen molar-refractivity contribution in [1.29, 1.82) is 0 Å². The second-order valence-corrected chi connectivity index (χ2v) is 2.99. The number of nitrogens with zero attached hydrogens (tertiary/aromatic N) is 4. The number of hydrogen-bond donors (Lipinski definition) is 1. The minimum absolute atomic E-state index is 0.253. The number of fused-ring (bicyclic) bond motifs is 1. The van der Waals surface area contributed by atoms with Gasteiger partial charge in [0.25, 0.3) is 5.78 Å². The van der Waals surface area contributed by atoms with Crippen molar-refractivity contribution in [2.75, 3.05) is 6.54 Å². The molecule has 0 bridgehead atoms. The third kappa shape index (κ3) is 1.38. The quantitative estimate of drug-likeness (QED) is 0.710.